The number of nitrogens with two attached hydrogens (primary N) is 1. The molecule has 0 bridgehead atoms. The van der Waals surface area contributed by atoms with Crippen molar-refractivity contribution >= 4 is 0 Å². The fourth-order valence-corrected chi connectivity index (χ4v) is 3.32. The Labute approximate surface area is 87.8 Å². The fourth-order valence-electron chi connectivity index (χ4n) is 3.32. The van der Waals surface area contributed by atoms with Crippen molar-refractivity contribution in [3.05, 3.63) is 0 Å². The third kappa shape index (κ3) is 1.70. The van der Waals surface area contributed by atoms with Gasteiger partial charge >= 0.3 is 0 Å². The summed E-state index contributed by atoms with van der Waals surface area (Å²) in [5.41, 5.74) is 6.09. The third-order valence-corrected chi connectivity index (χ3v) is 4.27. The molecule has 1 heterocycles. The summed E-state index contributed by atoms with van der Waals surface area (Å²) in [6, 6.07) is 0.849. The Morgan fingerprint density at radius 2 is 1.93 bits per heavy atom. The fraction of sp³-hybridized carbons (Fsp3) is 1.00. The predicted molar refractivity (Wildman–Crippen MR) is 60.2 cm³/mol. The van der Waals surface area contributed by atoms with Crippen LogP contribution in [-0.2, 0) is 0 Å². The summed E-state index contributed by atoms with van der Waals surface area (Å²) in [6.45, 7) is 6.66. The van der Waals surface area contributed by atoms with Gasteiger partial charge in [-0.25, -0.2) is 0 Å². The molecule has 1 aliphatic carbocycles. The van der Waals surface area contributed by atoms with Crippen molar-refractivity contribution in [1.82, 2.24) is 4.90 Å². The highest BCUT2D eigenvalue weighted by Crippen LogP contribution is 2.39. The minimum absolute atomic E-state index is 0.216. The molecule has 2 N–H and O–H groups in total. The molecule has 2 fully saturated rings. The molecule has 2 rings (SSSR count). The van der Waals surface area contributed by atoms with Crippen LogP contribution in [0.5, 0.6) is 0 Å². The minimum Gasteiger partial charge on any atom is -0.329 e. The van der Waals surface area contributed by atoms with Crippen molar-refractivity contribution in [2.24, 2.45) is 11.7 Å². The van der Waals surface area contributed by atoms with Gasteiger partial charge in [0.05, 0.1) is 0 Å². The number of fused-ring (bicyclic) bond motifs is 1. The van der Waals surface area contributed by atoms with Crippen molar-refractivity contribution < 1.29 is 0 Å². The van der Waals surface area contributed by atoms with E-state index in [2.05, 4.69) is 18.7 Å². The third-order valence-electron chi connectivity index (χ3n) is 4.27. The number of nitrogens with zero attached hydrogens (tertiary/aromatic N) is 1. The summed E-state index contributed by atoms with van der Waals surface area (Å²) in [6.07, 6.45) is 7.15. The number of likely N-dealkylation sites (tertiary alicyclic amines) is 1. The molecule has 82 valence electrons. The zero-order chi connectivity index (χ0) is 10.2. The maximum atomic E-state index is 5.88. The molecule has 0 aromatic carbocycles. The number of rotatable bonds is 2. The van der Waals surface area contributed by atoms with Gasteiger partial charge in [-0.15, -0.1) is 0 Å². The first-order chi connectivity index (χ1) is 6.65. The van der Waals surface area contributed by atoms with Gasteiger partial charge in [0.25, 0.3) is 0 Å². The molecule has 2 atom stereocenters. The number of hydrogen-bond donors (Lipinski definition) is 1. The highest BCUT2D eigenvalue weighted by Gasteiger charge is 2.40. The average molecular weight is 196 g/mol. The summed E-state index contributed by atoms with van der Waals surface area (Å²) < 4.78 is 0. The smallest absolute Gasteiger partial charge is 0.0278 e. The molecule has 0 spiro atoms. The van der Waals surface area contributed by atoms with Crippen LogP contribution < -0.4 is 5.73 Å². The summed E-state index contributed by atoms with van der Waals surface area (Å²) in [5.74, 6) is 0.981. The highest BCUT2D eigenvalue weighted by atomic mass is 15.2. The van der Waals surface area contributed by atoms with Crippen LogP contribution in [0.2, 0.25) is 0 Å². The average Bonchev–Trinajstić information content (AvgIpc) is 2.64. The van der Waals surface area contributed by atoms with Crippen LogP contribution in [0, 0.1) is 5.92 Å². The lowest BCUT2D eigenvalue weighted by Gasteiger charge is -2.47. The standard InChI is InChI=1S/C12H24N2/c1-12(2,9-13)14-8-4-6-10-5-3-7-11(10)14/h10-11H,3-9,13H2,1-2H3. The van der Waals surface area contributed by atoms with Gasteiger partial charge in [0.2, 0.25) is 0 Å². The molecule has 2 heteroatoms. The second kappa shape index (κ2) is 3.82. The van der Waals surface area contributed by atoms with E-state index in [4.69, 9.17) is 5.73 Å². The van der Waals surface area contributed by atoms with Crippen LogP contribution in [-0.4, -0.2) is 29.6 Å². The maximum Gasteiger partial charge on any atom is 0.0278 e. The van der Waals surface area contributed by atoms with E-state index >= 15 is 0 Å². The molecule has 0 radical (unpaired) electrons. The summed E-state index contributed by atoms with van der Waals surface area (Å²) in [5, 5.41) is 0. The predicted octanol–water partition coefficient (Wildman–Crippen LogP) is 1.99. The molecule has 14 heavy (non-hydrogen) atoms. The van der Waals surface area contributed by atoms with Crippen LogP contribution in [0.3, 0.4) is 0 Å². The molecule has 2 unspecified atom stereocenters. The van der Waals surface area contributed by atoms with Gasteiger partial charge in [-0.3, -0.25) is 4.90 Å². The first-order valence-electron chi connectivity index (χ1n) is 6.12. The van der Waals surface area contributed by atoms with Crippen LogP contribution in [0.1, 0.15) is 46.0 Å². The normalized spacial score (nSPS) is 34.5. The van der Waals surface area contributed by atoms with E-state index in [9.17, 15) is 0 Å². The SMILES string of the molecule is CC(C)(CN)N1CCCC2CCCC21. The second-order valence-electron chi connectivity index (χ2n) is 5.61. The van der Waals surface area contributed by atoms with Crippen LogP contribution in [0.4, 0.5) is 0 Å². The van der Waals surface area contributed by atoms with Gasteiger partial charge in [0.15, 0.2) is 0 Å². The number of hydrogen-bond acceptors (Lipinski definition) is 2. The Morgan fingerprint density at radius 3 is 2.64 bits per heavy atom. The Bertz CT molecular complexity index is 200. The Balaban J connectivity index is 2.10. The number of piperidine rings is 1. The lowest BCUT2D eigenvalue weighted by Crippen LogP contribution is -2.57. The van der Waals surface area contributed by atoms with Gasteiger partial charge < -0.3 is 5.73 Å². The largest absolute Gasteiger partial charge is 0.329 e. The first kappa shape index (κ1) is 10.4. The summed E-state index contributed by atoms with van der Waals surface area (Å²) >= 11 is 0. The van der Waals surface area contributed by atoms with Crippen molar-refractivity contribution in [2.75, 3.05) is 13.1 Å². The lowest BCUT2D eigenvalue weighted by atomic mass is 9.87. The summed E-state index contributed by atoms with van der Waals surface area (Å²) in [7, 11) is 0. The maximum absolute atomic E-state index is 5.88. The van der Waals surface area contributed by atoms with E-state index in [0.717, 1.165) is 18.5 Å². The molecule has 0 aromatic rings. The van der Waals surface area contributed by atoms with Crippen molar-refractivity contribution in [1.29, 1.82) is 0 Å². The molecule has 2 aliphatic rings. The highest BCUT2D eigenvalue weighted by molar-refractivity contribution is 4.96. The second-order valence-corrected chi connectivity index (χ2v) is 5.61. The Kier molecular flexibility index (Phi) is 2.85. The zero-order valence-corrected chi connectivity index (χ0v) is 9.63. The molecule has 0 amide bonds. The first-order valence-corrected chi connectivity index (χ1v) is 6.12. The molecule has 0 aromatic heterocycles. The van der Waals surface area contributed by atoms with Crippen LogP contribution in [0.25, 0.3) is 0 Å². The zero-order valence-electron chi connectivity index (χ0n) is 9.63. The molecule has 1 saturated carbocycles. The van der Waals surface area contributed by atoms with Gasteiger partial charge in [-0.2, -0.15) is 0 Å². The van der Waals surface area contributed by atoms with Crippen molar-refractivity contribution in [3.8, 4) is 0 Å². The monoisotopic (exact) mass is 196 g/mol. The van der Waals surface area contributed by atoms with E-state index in [1.165, 1.54) is 38.6 Å². The van der Waals surface area contributed by atoms with Crippen LogP contribution >= 0.6 is 0 Å². The van der Waals surface area contributed by atoms with Gasteiger partial charge in [-0.1, -0.05) is 6.42 Å². The molecule has 1 saturated heterocycles. The topological polar surface area (TPSA) is 29.3 Å². The summed E-state index contributed by atoms with van der Waals surface area (Å²) in [4.78, 5) is 2.69. The van der Waals surface area contributed by atoms with Gasteiger partial charge in [0.1, 0.15) is 0 Å². The van der Waals surface area contributed by atoms with Gasteiger partial charge in [-0.05, 0) is 52.0 Å². The molecule has 1 aliphatic heterocycles. The van der Waals surface area contributed by atoms with Gasteiger partial charge in [0, 0.05) is 18.1 Å². The van der Waals surface area contributed by atoms with E-state index in [1.807, 2.05) is 0 Å². The van der Waals surface area contributed by atoms with Crippen LogP contribution in [0.15, 0.2) is 0 Å². The molecular weight excluding hydrogens is 172 g/mol. The molecule has 2 nitrogen and oxygen atoms in total. The van der Waals surface area contributed by atoms with E-state index in [-0.39, 0.29) is 5.54 Å². The van der Waals surface area contributed by atoms with Crippen molar-refractivity contribution in [2.45, 2.75) is 57.5 Å². The van der Waals surface area contributed by atoms with E-state index < -0.39 is 0 Å². The van der Waals surface area contributed by atoms with E-state index in [0.29, 0.717) is 0 Å². The quantitative estimate of drug-likeness (QED) is 0.732. The Hall–Kier alpha value is -0.0800. The van der Waals surface area contributed by atoms with E-state index in [1.54, 1.807) is 0 Å². The van der Waals surface area contributed by atoms with Crippen molar-refractivity contribution in [3.63, 3.8) is 0 Å². The Morgan fingerprint density at radius 1 is 1.21 bits per heavy atom. The molecular formula is C12H24N2. The minimum atomic E-state index is 0.216. The lowest BCUT2D eigenvalue weighted by molar-refractivity contribution is 0.0243.